The van der Waals surface area contributed by atoms with Crippen LogP contribution in [0.2, 0.25) is 15.2 Å². The summed E-state index contributed by atoms with van der Waals surface area (Å²) in [5, 5.41) is 1.10. The summed E-state index contributed by atoms with van der Waals surface area (Å²) in [5.41, 5.74) is 2.22. The van der Waals surface area contributed by atoms with E-state index in [1.807, 2.05) is 43.0 Å². The topological polar surface area (TPSA) is 16.1 Å². The van der Waals surface area contributed by atoms with Gasteiger partial charge in [0, 0.05) is 12.2 Å². The van der Waals surface area contributed by atoms with E-state index in [2.05, 4.69) is 4.98 Å². The van der Waals surface area contributed by atoms with Gasteiger partial charge >= 0.3 is 0 Å². The molecule has 5 heteroatoms. The average molecular weight is 316 g/mol. The summed E-state index contributed by atoms with van der Waals surface area (Å²) in [7, 11) is 0. The number of hydrogen-bond acceptors (Lipinski definition) is 2. The smallest absolute Gasteiger partial charge is 0.153 e. The molecule has 0 atom stereocenters. The first-order chi connectivity index (χ1) is 9.02. The first-order valence-corrected chi connectivity index (χ1v) is 7.02. The van der Waals surface area contributed by atoms with Gasteiger partial charge in [0.1, 0.15) is 5.15 Å². The van der Waals surface area contributed by atoms with Gasteiger partial charge in [-0.1, -0.05) is 52.5 Å². The summed E-state index contributed by atoms with van der Waals surface area (Å²) in [6.45, 7) is 4.80. The minimum absolute atomic E-state index is 0.256. The van der Waals surface area contributed by atoms with E-state index in [1.165, 1.54) is 5.56 Å². The Hall–Kier alpha value is -0.960. The molecule has 0 fully saturated rings. The van der Waals surface area contributed by atoms with Crippen molar-refractivity contribution in [2.24, 2.45) is 0 Å². The normalized spacial score (nSPS) is 10.6. The molecule has 0 N–H and O–H groups in total. The lowest BCUT2D eigenvalue weighted by molar-refractivity contribution is 0.989. The van der Waals surface area contributed by atoms with E-state index < -0.39 is 0 Å². The minimum Gasteiger partial charge on any atom is -0.325 e. The van der Waals surface area contributed by atoms with Crippen molar-refractivity contribution >= 4 is 46.3 Å². The number of aromatic nitrogens is 1. The Morgan fingerprint density at radius 2 is 1.68 bits per heavy atom. The maximum absolute atomic E-state index is 6.21. The van der Waals surface area contributed by atoms with Crippen molar-refractivity contribution in [3.05, 3.63) is 51.1 Å². The van der Waals surface area contributed by atoms with Crippen LogP contribution in [0.4, 0.5) is 11.5 Å². The van der Waals surface area contributed by atoms with Crippen molar-refractivity contribution in [2.45, 2.75) is 13.8 Å². The molecule has 0 spiro atoms. The molecule has 0 saturated carbocycles. The highest BCUT2D eigenvalue weighted by atomic mass is 35.5. The van der Waals surface area contributed by atoms with E-state index in [9.17, 15) is 0 Å². The SMILES string of the molecule is CCN(c1ccc(C)cc1)c1nc(Cl)c(Cl)cc1Cl. The fourth-order valence-electron chi connectivity index (χ4n) is 1.80. The van der Waals surface area contributed by atoms with Gasteiger partial charge in [0.25, 0.3) is 0 Å². The average Bonchev–Trinajstić information content (AvgIpc) is 2.38. The molecule has 1 heterocycles. The number of aryl methyl sites for hydroxylation is 1. The van der Waals surface area contributed by atoms with Crippen LogP contribution in [0.1, 0.15) is 12.5 Å². The molecule has 1 aromatic heterocycles. The predicted octanol–water partition coefficient (Wildman–Crippen LogP) is 5.51. The third kappa shape index (κ3) is 3.14. The molecule has 0 aliphatic heterocycles. The van der Waals surface area contributed by atoms with Crippen molar-refractivity contribution in [1.29, 1.82) is 0 Å². The van der Waals surface area contributed by atoms with Crippen LogP contribution in [-0.4, -0.2) is 11.5 Å². The highest BCUT2D eigenvalue weighted by molar-refractivity contribution is 6.43. The molecule has 0 unspecified atom stereocenters. The molecule has 0 bridgehead atoms. The van der Waals surface area contributed by atoms with Gasteiger partial charge in [-0.05, 0) is 32.0 Å². The Balaban J connectivity index is 2.47. The van der Waals surface area contributed by atoms with Gasteiger partial charge in [-0.15, -0.1) is 0 Å². The third-order valence-electron chi connectivity index (χ3n) is 2.79. The van der Waals surface area contributed by atoms with Crippen molar-refractivity contribution in [1.82, 2.24) is 4.98 Å². The molecule has 0 radical (unpaired) electrons. The van der Waals surface area contributed by atoms with Gasteiger partial charge in [0.2, 0.25) is 0 Å². The second kappa shape index (κ2) is 6.00. The van der Waals surface area contributed by atoms with Gasteiger partial charge in [0.05, 0.1) is 10.0 Å². The number of halogens is 3. The summed E-state index contributed by atoms with van der Waals surface area (Å²) in [6, 6.07) is 9.76. The summed E-state index contributed by atoms with van der Waals surface area (Å²) in [5.74, 6) is 0.613. The predicted molar refractivity (Wildman–Crippen MR) is 83.1 cm³/mol. The first kappa shape index (κ1) is 14.4. The van der Waals surface area contributed by atoms with Crippen LogP contribution < -0.4 is 4.90 Å². The number of nitrogens with zero attached hydrogens (tertiary/aromatic N) is 2. The quantitative estimate of drug-likeness (QED) is 0.694. The van der Waals surface area contributed by atoms with Gasteiger partial charge in [0.15, 0.2) is 5.82 Å². The lowest BCUT2D eigenvalue weighted by Gasteiger charge is -2.23. The maximum Gasteiger partial charge on any atom is 0.153 e. The molecule has 0 aliphatic carbocycles. The third-order valence-corrected chi connectivity index (χ3v) is 3.74. The first-order valence-electron chi connectivity index (χ1n) is 5.88. The molecule has 2 nitrogen and oxygen atoms in total. The molecule has 0 saturated heterocycles. The van der Waals surface area contributed by atoms with Crippen LogP contribution in [0.5, 0.6) is 0 Å². The van der Waals surface area contributed by atoms with Crippen molar-refractivity contribution in [3.8, 4) is 0 Å². The molecule has 2 rings (SSSR count). The maximum atomic E-state index is 6.21. The van der Waals surface area contributed by atoms with Crippen LogP contribution in [0.3, 0.4) is 0 Å². The standard InChI is InChI=1S/C14H13Cl3N2/c1-3-19(10-6-4-9(2)5-7-10)14-12(16)8-11(15)13(17)18-14/h4-8H,3H2,1-2H3. The van der Waals surface area contributed by atoms with E-state index in [0.29, 0.717) is 15.9 Å². The minimum atomic E-state index is 0.256. The molecular formula is C14H13Cl3N2. The Kier molecular flexibility index (Phi) is 4.56. The van der Waals surface area contributed by atoms with E-state index in [1.54, 1.807) is 6.07 Å². The summed E-state index contributed by atoms with van der Waals surface area (Å²) in [4.78, 5) is 6.26. The molecule has 19 heavy (non-hydrogen) atoms. The number of rotatable bonds is 3. The van der Waals surface area contributed by atoms with Gasteiger partial charge in [-0.25, -0.2) is 4.98 Å². The van der Waals surface area contributed by atoms with Crippen LogP contribution >= 0.6 is 34.8 Å². The summed E-state index contributed by atoms with van der Waals surface area (Å²) >= 11 is 18.1. The fraction of sp³-hybridized carbons (Fsp3) is 0.214. The van der Waals surface area contributed by atoms with E-state index in [4.69, 9.17) is 34.8 Å². The molecular weight excluding hydrogens is 303 g/mol. The van der Waals surface area contributed by atoms with Gasteiger partial charge in [-0.3, -0.25) is 0 Å². The van der Waals surface area contributed by atoms with Gasteiger partial charge < -0.3 is 4.90 Å². The van der Waals surface area contributed by atoms with Crippen LogP contribution in [0.15, 0.2) is 30.3 Å². The van der Waals surface area contributed by atoms with Crippen LogP contribution in [-0.2, 0) is 0 Å². The monoisotopic (exact) mass is 314 g/mol. The Morgan fingerprint density at radius 3 is 2.26 bits per heavy atom. The fourth-order valence-corrected chi connectivity index (χ4v) is 2.40. The molecule has 0 amide bonds. The summed E-state index contributed by atoms with van der Waals surface area (Å²) < 4.78 is 0. The number of benzene rings is 1. The lowest BCUT2D eigenvalue weighted by atomic mass is 10.2. The number of anilines is 2. The van der Waals surface area contributed by atoms with E-state index in [0.717, 1.165) is 12.2 Å². The zero-order valence-corrected chi connectivity index (χ0v) is 12.9. The second-order valence-electron chi connectivity index (χ2n) is 4.15. The lowest BCUT2D eigenvalue weighted by Crippen LogP contribution is -2.17. The highest BCUT2D eigenvalue weighted by Crippen LogP contribution is 2.34. The van der Waals surface area contributed by atoms with Crippen molar-refractivity contribution < 1.29 is 0 Å². The number of hydrogen-bond donors (Lipinski definition) is 0. The van der Waals surface area contributed by atoms with Crippen molar-refractivity contribution in [2.75, 3.05) is 11.4 Å². The Morgan fingerprint density at radius 1 is 1.05 bits per heavy atom. The Labute approximate surface area is 127 Å². The zero-order valence-electron chi connectivity index (χ0n) is 10.6. The van der Waals surface area contributed by atoms with Crippen LogP contribution in [0.25, 0.3) is 0 Å². The van der Waals surface area contributed by atoms with Crippen molar-refractivity contribution in [3.63, 3.8) is 0 Å². The largest absolute Gasteiger partial charge is 0.325 e. The number of pyridine rings is 1. The molecule has 2 aromatic rings. The molecule has 1 aromatic carbocycles. The van der Waals surface area contributed by atoms with Gasteiger partial charge in [-0.2, -0.15) is 0 Å². The second-order valence-corrected chi connectivity index (χ2v) is 5.32. The highest BCUT2D eigenvalue weighted by Gasteiger charge is 2.15. The zero-order chi connectivity index (χ0) is 14.0. The van der Waals surface area contributed by atoms with E-state index in [-0.39, 0.29) is 5.15 Å². The summed E-state index contributed by atoms with van der Waals surface area (Å²) in [6.07, 6.45) is 0. The molecule has 0 aliphatic rings. The Bertz CT molecular complexity index is 582. The molecule has 100 valence electrons. The van der Waals surface area contributed by atoms with Crippen LogP contribution in [0, 0.1) is 6.92 Å². The van der Waals surface area contributed by atoms with E-state index >= 15 is 0 Å².